The lowest BCUT2D eigenvalue weighted by molar-refractivity contribution is 0.145. The molecule has 0 spiro atoms. The number of hydrogen-bond acceptors (Lipinski definition) is 5. The molecular formula is C22H26N4O2. The van der Waals surface area contributed by atoms with E-state index >= 15 is 0 Å². The van der Waals surface area contributed by atoms with Crippen LogP contribution in [-0.4, -0.2) is 38.9 Å². The third-order valence-electron chi connectivity index (χ3n) is 5.50. The van der Waals surface area contributed by atoms with Crippen LogP contribution in [0, 0.1) is 5.92 Å². The van der Waals surface area contributed by atoms with E-state index in [1.807, 2.05) is 30.7 Å². The average Bonchev–Trinajstić information content (AvgIpc) is 3.36. The SMILES string of the molecule is COc1ccc(-c2ccncc2)cc1CN[C@@H]1CC(Cn2ccnc2)C[C@H]1O. The summed E-state index contributed by atoms with van der Waals surface area (Å²) in [7, 11) is 1.69. The highest BCUT2D eigenvalue weighted by molar-refractivity contribution is 5.65. The first kappa shape index (κ1) is 18.7. The van der Waals surface area contributed by atoms with E-state index in [1.54, 1.807) is 25.7 Å². The molecule has 2 N–H and O–H groups in total. The van der Waals surface area contributed by atoms with E-state index in [0.29, 0.717) is 12.5 Å². The zero-order chi connectivity index (χ0) is 19.3. The van der Waals surface area contributed by atoms with E-state index < -0.39 is 0 Å². The van der Waals surface area contributed by atoms with Gasteiger partial charge in [-0.15, -0.1) is 0 Å². The zero-order valence-electron chi connectivity index (χ0n) is 16.0. The second kappa shape index (κ2) is 8.54. The van der Waals surface area contributed by atoms with Gasteiger partial charge in [-0.3, -0.25) is 4.98 Å². The van der Waals surface area contributed by atoms with Gasteiger partial charge in [-0.1, -0.05) is 6.07 Å². The predicted molar refractivity (Wildman–Crippen MR) is 108 cm³/mol. The minimum absolute atomic E-state index is 0.0859. The zero-order valence-corrected chi connectivity index (χ0v) is 16.0. The molecule has 146 valence electrons. The summed E-state index contributed by atoms with van der Waals surface area (Å²) in [5.41, 5.74) is 3.34. The Balaban J connectivity index is 1.42. The first-order valence-electron chi connectivity index (χ1n) is 9.67. The number of aliphatic hydroxyl groups is 1. The molecule has 1 saturated carbocycles. The minimum atomic E-state index is -0.331. The van der Waals surface area contributed by atoms with Crippen molar-refractivity contribution in [3.63, 3.8) is 0 Å². The van der Waals surface area contributed by atoms with Gasteiger partial charge in [0, 0.05) is 49.5 Å². The van der Waals surface area contributed by atoms with Gasteiger partial charge >= 0.3 is 0 Å². The van der Waals surface area contributed by atoms with Crippen LogP contribution >= 0.6 is 0 Å². The van der Waals surface area contributed by atoms with E-state index in [-0.39, 0.29) is 12.1 Å². The molecule has 1 unspecified atom stereocenters. The molecule has 28 heavy (non-hydrogen) atoms. The molecule has 0 radical (unpaired) electrons. The number of hydrogen-bond donors (Lipinski definition) is 2. The molecule has 4 rings (SSSR count). The number of methoxy groups -OCH3 is 1. The lowest BCUT2D eigenvalue weighted by Crippen LogP contribution is -2.35. The van der Waals surface area contributed by atoms with E-state index in [1.165, 1.54) is 0 Å². The molecule has 6 heteroatoms. The van der Waals surface area contributed by atoms with Crippen LogP contribution in [0.25, 0.3) is 11.1 Å². The summed E-state index contributed by atoms with van der Waals surface area (Å²) >= 11 is 0. The summed E-state index contributed by atoms with van der Waals surface area (Å²) in [5, 5.41) is 14.0. The number of rotatable bonds is 7. The monoisotopic (exact) mass is 378 g/mol. The Labute approximate surface area is 165 Å². The summed E-state index contributed by atoms with van der Waals surface area (Å²) in [6.45, 7) is 1.55. The minimum Gasteiger partial charge on any atom is -0.496 e. The van der Waals surface area contributed by atoms with Crippen molar-refractivity contribution in [3.8, 4) is 16.9 Å². The van der Waals surface area contributed by atoms with Crippen LogP contribution in [0.2, 0.25) is 0 Å². The van der Waals surface area contributed by atoms with Crippen LogP contribution in [0.1, 0.15) is 18.4 Å². The van der Waals surface area contributed by atoms with Crippen LogP contribution in [0.5, 0.6) is 5.75 Å². The lowest BCUT2D eigenvalue weighted by atomic mass is 10.0. The number of aromatic nitrogens is 3. The first-order valence-corrected chi connectivity index (χ1v) is 9.67. The Morgan fingerprint density at radius 1 is 1.11 bits per heavy atom. The Morgan fingerprint density at radius 2 is 1.96 bits per heavy atom. The molecule has 3 atom stereocenters. The van der Waals surface area contributed by atoms with Gasteiger partial charge in [0.05, 0.1) is 19.5 Å². The van der Waals surface area contributed by atoms with Crippen LogP contribution in [0.4, 0.5) is 0 Å². The van der Waals surface area contributed by atoms with Gasteiger partial charge in [0.25, 0.3) is 0 Å². The van der Waals surface area contributed by atoms with Crippen molar-refractivity contribution < 1.29 is 9.84 Å². The maximum absolute atomic E-state index is 10.5. The summed E-state index contributed by atoms with van der Waals surface area (Å²) < 4.78 is 7.63. The fourth-order valence-electron chi connectivity index (χ4n) is 4.06. The highest BCUT2D eigenvalue weighted by Crippen LogP contribution is 2.30. The molecule has 0 amide bonds. The smallest absolute Gasteiger partial charge is 0.123 e. The van der Waals surface area contributed by atoms with Gasteiger partial charge in [-0.25, -0.2) is 4.98 Å². The third-order valence-corrected chi connectivity index (χ3v) is 5.50. The lowest BCUT2D eigenvalue weighted by Gasteiger charge is -2.18. The molecular weight excluding hydrogens is 352 g/mol. The fraction of sp³-hybridized carbons (Fsp3) is 0.364. The van der Waals surface area contributed by atoms with Crippen molar-refractivity contribution in [2.45, 2.75) is 38.1 Å². The highest BCUT2D eigenvalue weighted by Gasteiger charge is 2.32. The summed E-state index contributed by atoms with van der Waals surface area (Å²) in [4.78, 5) is 8.18. The summed E-state index contributed by atoms with van der Waals surface area (Å²) in [6, 6.07) is 10.3. The largest absolute Gasteiger partial charge is 0.496 e. The van der Waals surface area contributed by atoms with Crippen LogP contribution in [-0.2, 0) is 13.1 Å². The van der Waals surface area contributed by atoms with Crippen molar-refractivity contribution in [2.24, 2.45) is 5.92 Å². The van der Waals surface area contributed by atoms with Gasteiger partial charge in [-0.05, 0) is 54.2 Å². The second-order valence-corrected chi connectivity index (χ2v) is 7.41. The van der Waals surface area contributed by atoms with Gasteiger partial charge in [0.15, 0.2) is 0 Å². The molecule has 2 aromatic heterocycles. The predicted octanol–water partition coefficient (Wildman–Crippen LogP) is 2.88. The van der Waals surface area contributed by atoms with Crippen molar-refractivity contribution in [1.29, 1.82) is 0 Å². The average molecular weight is 378 g/mol. The third kappa shape index (κ3) is 4.24. The van der Waals surface area contributed by atoms with Gasteiger partial charge in [0.2, 0.25) is 0 Å². The van der Waals surface area contributed by atoms with Crippen LogP contribution in [0.3, 0.4) is 0 Å². The number of imidazole rings is 1. The molecule has 0 aliphatic heterocycles. The maximum atomic E-state index is 10.5. The summed E-state index contributed by atoms with van der Waals surface area (Å²) in [5.74, 6) is 1.31. The number of nitrogens with zero attached hydrogens (tertiary/aromatic N) is 3. The molecule has 3 aromatic rings. The van der Waals surface area contributed by atoms with E-state index in [9.17, 15) is 5.11 Å². The van der Waals surface area contributed by atoms with Crippen LogP contribution in [0.15, 0.2) is 61.4 Å². The standard InChI is InChI=1S/C22H26N4O2/c1-28-22-3-2-18(17-4-6-23-7-5-17)12-19(22)13-25-20-10-16(11-21(20)27)14-26-9-8-24-15-26/h2-9,12,15-16,20-21,25,27H,10-11,13-14H2,1H3/t16?,20-,21-/m1/s1. The highest BCUT2D eigenvalue weighted by atomic mass is 16.5. The van der Waals surface area contributed by atoms with Gasteiger partial charge < -0.3 is 19.7 Å². The molecule has 1 fully saturated rings. The Morgan fingerprint density at radius 3 is 2.71 bits per heavy atom. The molecule has 2 heterocycles. The van der Waals surface area contributed by atoms with Gasteiger partial charge in [0.1, 0.15) is 5.75 Å². The normalized spacial score (nSPS) is 21.7. The molecule has 1 aliphatic carbocycles. The van der Waals surface area contributed by atoms with Gasteiger partial charge in [-0.2, -0.15) is 0 Å². The quantitative estimate of drug-likeness (QED) is 0.661. The molecule has 0 bridgehead atoms. The molecule has 1 aliphatic rings. The number of pyridine rings is 1. The second-order valence-electron chi connectivity index (χ2n) is 7.41. The first-order chi connectivity index (χ1) is 13.7. The summed E-state index contributed by atoms with van der Waals surface area (Å²) in [6.07, 6.45) is 10.6. The van der Waals surface area contributed by atoms with Crippen LogP contribution < -0.4 is 10.1 Å². The Hall–Kier alpha value is -2.70. The Kier molecular flexibility index (Phi) is 5.69. The topological polar surface area (TPSA) is 72.2 Å². The fourth-order valence-corrected chi connectivity index (χ4v) is 4.06. The molecule has 0 saturated heterocycles. The van der Waals surface area contributed by atoms with E-state index in [0.717, 1.165) is 41.8 Å². The maximum Gasteiger partial charge on any atom is 0.123 e. The van der Waals surface area contributed by atoms with Crippen molar-refractivity contribution in [3.05, 3.63) is 67.0 Å². The van der Waals surface area contributed by atoms with E-state index in [2.05, 4.69) is 32.0 Å². The Bertz CT molecular complexity index is 883. The molecule has 6 nitrogen and oxygen atoms in total. The number of benzene rings is 1. The van der Waals surface area contributed by atoms with Crippen molar-refractivity contribution >= 4 is 0 Å². The molecule has 1 aromatic carbocycles. The van der Waals surface area contributed by atoms with Crippen molar-refractivity contribution in [2.75, 3.05) is 7.11 Å². The number of aliphatic hydroxyl groups excluding tert-OH is 1. The van der Waals surface area contributed by atoms with E-state index in [4.69, 9.17) is 4.74 Å². The van der Waals surface area contributed by atoms with Crippen molar-refractivity contribution in [1.82, 2.24) is 19.9 Å². The number of ether oxygens (including phenoxy) is 1. The number of nitrogens with one attached hydrogen (secondary N) is 1.